The molecule has 0 radical (unpaired) electrons. The van der Waals surface area contributed by atoms with Crippen LogP contribution < -0.4 is 5.56 Å². The average molecular weight is 313 g/mol. The third-order valence-electron chi connectivity index (χ3n) is 3.61. The largest absolute Gasteiger partial charge is 0.462 e. The molecule has 0 aliphatic carbocycles. The summed E-state index contributed by atoms with van der Waals surface area (Å²) in [7, 11) is 0. The van der Waals surface area contributed by atoms with Crippen LogP contribution in [0.4, 0.5) is 0 Å². The summed E-state index contributed by atoms with van der Waals surface area (Å²) >= 11 is 0. The number of carbonyl (C=O) groups is 2. The number of esters is 1. The predicted molar refractivity (Wildman–Crippen MR) is 87.5 cm³/mol. The van der Waals surface area contributed by atoms with E-state index in [1.54, 1.807) is 26.0 Å². The first-order chi connectivity index (χ1) is 10.9. The zero-order valence-corrected chi connectivity index (χ0v) is 13.7. The summed E-state index contributed by atoms with van der Waals surface area (Å²) in [5.74, 6) is -0.935. The fraction of sp³-hybridized carbons (Fsp3) is 0.278. The van der Waals surface area contributed by atoms with E-state index in [4.69, 9.17) is 4.74 Å². The molecule has 0 unspecified atom stereocenters. The number of carbonyl (C=O) groups excluding carboxylic acids is 2. The van der Waals surface area contributed by atoms with Gasteiger partial charge in [0.15, 0.2) is 5.78 Å². The molecule has 0 fully saturated rings. The van der Waals surface area contributed by atoms with Crippen LogP contribution in [0.1, 0.15) is 45.8 Å². The van der Waals surface area contributed by atoms with Crippen molar-refractivity contribution in [3.8, 4) is 5.69 Å². The number of benzene rings is 1. The van der Waals surface area contributed by atoms with E-state index < -0.39 is 11.5 Å². The highest BCUT2D eigenvalue weighted by Crippen LogP contribution is 2.16. The molecule has 23 heavy (non-hydrogen) atoms. The van der Waals surface area contributed by atoms with Crippen LogP contribution in [0.25, 0.3) is 5.69 Å². The highest BCUT2D eigenvalue weighted by atomic mass is 16.5. The summed E-state index contributed by atoms with van der Waals surface area (Å²) in [6.45, 7) is 6.85. The minimum Gasteiger partial charge on any atom is -0.462 e. The van der Waals surface area contributed by atoms with Crippen molar-refractivity contribution >= 4 is 11.8 Å². The molecule has 1 aromatic heterocycles. The molecular formula is C18H19NO4. The maximum absolute atomic E-state index is 12.7. The first-order valence-corrected chi connectivity index (χ1v) is 7.38. The number of aryl methyl sites for hydroxylation is 1. The maximum Gasteiger partial charge on any atom is 0.343 e. The van der Waals surface area contributed by atoms with Gasteiger partial charge in [-0.15, -0.1) is 0 Å². The second-order valence-electron chi connectivity index (χ2n) is 5.31. The fourth-order valence-corrected chi connectivity index (χ4v) is 2.42. The van der Waals surface area contributed by atoms with Crippen LogP contribution in [-0.2, 0) is 4.74 Å². The molecule has 0 N–H and O–H groups in total. The lowest BCUT2D eigenvalue weighted by atomic mass is 10.1. The van der Waals surface area contributed by atoms with Gasteiger partial charge in [-0.05, 0) is 45.9 Å². The normalized spacial score (nSPS) is 10.4. The minimum absolute atomic E-state index is 0.136. The van der Waals surface area contributed by atoms with Crippen LogP contribution >= 0.6 is 0 Å². The van der Waals surface area contributed by atoms with Crippen molar-refractivity contribution in [2.75, 3.05) is 6.61 Å². The van der Waals surface area contributed by atoms with E-state index in [1.807, 2.05) is 19.1 Å². The van der Waals surface area contributed by atoms with Crippen molar-refractivity contribution in [2.24, 2.45) is 0 Å². The number of pyridine rings is 1. The Morgan fingerprint density at radius 3 is 2.22 bits per heavy atom. The monoisotopic (exact) mass is 313 g/mol. The van der Waals surface area contributed by atoms with Crippen LogP contribution in [0, 0.1) is 13.8 Å². The van der Waals surface area contributed by atoms with Crippen molar-refractivity contribution in [2.45, 2.75) is 27.7 Å². The van der Waals surface area contributed by atoms with Gasteiger partial charge in [0.1, 0.15) is 5.56 Å². The lowest BCUT2D eigenvalue weighted by molar-refractivity contribution is 0.0524. The standard InChI is InChI=1S/C18H19NO4/c1-5-23-18(22)16-10-15(13(4)20)12(3)19(17(16)21)14-8-6-11(2)7-9-14/h6-10H,5H2,1-4H3. The summed E-state index contributed by atoms with van der Waals surface area (Å²) in [6.07, 6.45) is 0. The molecule has 0 saturated carbocycles. The fourth-order valence-electron chi connectivity index (χ4n) is 2.42. The SMILES string of the molecule is CCOC(=O)c1cc(C(C)=O)c(C)n(-c2ccc(C)cc2)c1=O. The van der Waals surface area contributed by atoms with Gasteiger partial charge in [-0.25, -0.2) is 4.79 Å². The van der Waals surface area contributed by atoms with E-state index in [2.05, 4.69) is 0 Å². The van der Waals surface area contributed by atoms with E-state index in [1.165, 1.54) is 17.6 Å². The van der Waals surface area contributed by atoms with E-state index in [0.717, 1.165) is 5.56 Å². The molecule has 0 bridgehead atoms. The van der Waals surface area contributed by atoms with Crippen LogP contribution in [0.5, 0.6) is 0 Å². The highest BCUT2D eigenvalue weighted by Gasteiger charge is 2.20. The van der Waals surface area contributed by atoms with Gasteiger partial charge >= 0.3 is 5.97 Å². The van der Waals surface area contributed by atoms with Crippen LogP contribution in [0.15, 0.2) is 35.1 Å². The van der Waals surface area contributed by atoms with Gasteiger partial charge in [0.2, 0.25) is 0 Å². The Morgan fingerprint density at radius 2 is 1.70 bits per heavy atom. The van der Waals surface area contributed by atoms with Gasteiger partial charge in [0.25, 0.3) is 5.56 Å². The van der Waals surface area contributed by atoms with E-state index in [-0.39, 0.29) is 18.0 Å². The van der Waals surface area contributed by atoms with Crippen molar-refractivity contribution < 1.29 is 14.3 Å². The van der Waals surface area contributed by atoms with Gasteiger partial charge in [0, 0.05) is 16.9 Å². The number of ether oxygens (including phenoxy) is 1. The molecule has 1 heterocycles. The molecule has 0 atom stereocenters. The van der Waals surface area contributed by atoms with Gasteiger partial charge in [-0.3, -0.25) is 14.2 Å². The second kappa shape index (κ2) is 6.60. The van der Waals surface area contributed by atoms with Crippen LogP contribution in [0.2, 0.25) is 0 Å². The predicted octanol–water partition coefficient (Wildman–Crippen LogP) is 2.83. The quantitative estimate of drug-likeness (QED) is 0.643. The average Bonchev–Trinajstić information content (AvgIpc) is 2.49. The number of nitrogens with zero attached hydrogens (tertiary/aromatic N) is 1. The Bertz CT molecular complexity index is 816. The molecule has 0 aliphatic heterocycles. The molecule has 0 aliphatic rings. The smallest absolute Gasteiger partial charge is 0.343 e. The first-order valence-electron chi connectivity index (χ1n) is 7.38. The van der Waals surface area contributed by atoms with Gasteiger partial charge < -0.3 is 4.74 Å². The van der Waals surface area contributed by atoms with Gasteiger partial charge in [-0.1, -0.05) is 17.7 Å². The lowest BCUT2D eigenvalue weighted by Crippen LogP contribution is -2.29. The Morgan fingerprint density at radius 1 is 1.09 bits per heavy atom. The van der Waals surface area contributed by atoms with Gasteiger partial charge in [0.05, 0.1) is 6.61 Å². The summed E-state index contributed by atoms with van der Waals surface area (Å²) in [5, 5.41) is 0. The number of rotatable bonds is 4. The third kappa shape index (κ3) is 3.23. The van der Waals surface area contributed by atoms with Crippen LogP contribution in [-0.4, -0.2) is 22.9 Å². The molecule has 5 nitrogen and oxygen atoms in total. The van der Waals surface area contributed by atoms with Crippen LogP contribution in [0.3, 0.4) is 0 Å². The summed E-state index contributed by atoms with van der Waals surface area (Å²) in [4.78, 5) is 36.6. The summed E-state index contributed by atoms with van der Waals surface area (Å²) in [5.41, 5.74) is 1.85. The molecule has 0 spiro atoms. The van der Waals surface area contributed by atoms with E-state index >= 15 is 0 Å². The number of aromatic nitrogens is 1. The van der Waals surface area contributed by atoms with Crippen molar-refractivity contribution in [3.63, 3.8) is 0 Å². The summed E-state index contributed by atoms with van der Waals surface area (Å²) < 4.78 is 6.31. The van der Waals surface area contributed by atoms with E-state index in [9.17, 15) is 14.4 Å². The molecule has 2 rings (SSSR count). The molecular weight excluding hydrogens is 294 g/mol. The minimum atomic E-state index is -0.721. The topological polar surface area (TPSA) is 65.4 Å². The summed E-state index contributed by atoms with van der Waals surface area (Å²) in [6, 6.07) is 8.62. The van der Waals surface area contributed by atoms with Crippen molar-refractivity contribution in [1.29, 1.82) is 0 Å². The zero-order valence-electron chi connectivity index (χ0n) is 13.7. The molecule has 0 saturated heterocycles. The molecule has 0 amide bonds. The number of ketones is 1. The number of Topliss-reactive ketones (excluding diaryl/α,β-unsaturated/α-hetero) is 1. The molecule has 5 heteroatoms. The third-order valence-corrected chi connectivity index (χ3v) is 3.61. The Balaban J connectivity index is 2.78. The molecule has 120 valence electrons. The van der Waals surface area contributed by atoms with Crippen molar-refractivity contribution in [1.82, 2.24) is 4.57 Å². The molecule has 2 aromatic rings. The number of hydrogen-bond acceptors (Lipinski definition) is 4. The molecule has 1 aromatic carbocycles. The highest BCUT2D eigenvalue weighted by molar-refractivity contribution is 5.98. The maximum atomic E-state index is 12.7. The second-order valence-corrected chi connectivity index (χ2v) is 5.31. The number of hydrogen-bond donors (Lipinski definition) is 0. The lowest BCUT2D eigenvalue weighted by Gasteiger charge is -2.15. The van der Waals surface area contributed by atoms with Gasteiger partial charge in [-0.2, -0.15) is 0 Å². The Kier molecular flexibility index (Phi) is 4.79. The Hall–Kier alpha value is -2.69. The van der Waals surface area contributed by atoms with E-state index in [0.29, 0.717) is 16.9 Å². The first kappa shape index (κ1) is 16.7. The van der Waals surface area contributed by atoms with Crippen molar-refractivity contribution in [3.05, 3.63) is 63.1 Å². The Labute approximate surface area is 134 Å². The zero-order chi connectivity index (χ0) is 17.1.